The Labute approximate surface area is 159 Å². The van der Waals surface area contributed by atoms with Crippen LogP contribution < -0.4 is 5.32 Å². The highest BCUT2D eigenvalue weighted by Crippen LogP contribution is 2.34. The van der Waals surface area contributed by atoms with Crippen molar-refractivity contribution in [3.05, 3.63) is 77.4 Å². The van der Waals surface area contributed by atoms with Crippen LogP contribution in [0, 0.1) is 0 Å². The first-order valence-corrected chi connectivity index (χ1v) is 10.2. The van der Waals surface area contributed by atoms with Gasteiger partial charge in [-0.05, 0) is 38.1 Å². The molecule has 0 spiro atoms. The predicted octanol–water partition coefficient (Wildman–Crippen LogP) is 2.50. The van der Waals surface area contributed by atoms with Crippen molar-refractivity contribution in [3.8, 4) is 0 Å². The lowest BCUT2D eigenvalue weighted by Gasteiger charge is -2.24. The molecule has 0 aromatic heterocycles. The van der Waals surface area contributed by atoms with Crippen LogP contribution in [0.5, 0.6) is 0 Å². The third-order valence-corrected chi connectivity index (χ3v) is 6.09. The molecule has 3 rings (SSSR count). The summed E-state index contributed by atoms with van der Waals surface area (Å²) < 4.78 is 31.8. The monoisotopic (exact) mass is 386 g/mol. The van der Waals surface area contributed by atoms with Crippen LogP contribution in [-0.4, -0.2) is 39.2 Å². The predicted molar refractivity (Wildman–Crippen MR) is 103 cm³/mol. The van der Waals surface area contributed by atoms with Crippen molar-refractivity contribution in [2.24, 2.45) is 0 Å². The van der Waals surface area contributed by atoms with E-state index < -0.39 is 9.84 Å². The number of nitrogens with zero attached hydrogens (tertiary/aromatic N) is 1. The Morgan fingerprint density at radius 2 is 2.04 bits per heavy atom. The lowest BCUT2D eigenvalue weighted by molar-refractivity contribution is -0.118. The molecule has 1 aliphatic carbocycles. The molecule has 0 bridgehead atoms. The van der Waals surface area contributed by atoms with Crippen LogP contribution in [0.2, 0.25) is 0 Å². The summed E-state index contributed by atoms with van der Waals surface area (Å²) in [5.74, 6) is 0.475. The molecule has 1 aliphatic heterocycles. The first-order valence-electron chi connectivity index (χ1n) is 8.70. The molecule has 0 radical (unpaired) electrons. The van der Waals surface area contributed by atoms with E-state index in [1.807, 2.05) is 6.08 Å². The van der Waals surface area contributed by atoms with Crippen LogP contribution in [-0.2, 0) is 19.4 Å². The maximum absolute atomic E-state index is 13.1. The number of likely N-dealkylation sites (N-methyl/N-ethyl adjacent to an activating group) is 1. The smallest absolute Gasteiger partial charge is 0.206 e. The lowest BCUT2D eigenvalue weighted by atomic mass is 10.0. The molecule has 6 nitrogen and oxygen atoms in total. The minimum Gasteiger partial charge on any atom is -0.462 e. The number of carbonyl (C=O) groups is 1. The standard InChI is InChI=1S/C20H22N2O4S/c1-21-13-16(23)14-22-11-12-26-19(15-22)18-9-5-6-10-20(18)27(24,25)17-7-3-2-4-8-17/h2-4,6-8,10-12,15,21H,5,9,13-14H2,1H3. The van der Waals surface area contributed by atoms with Crippen LogP contribution in [0.25, 0.3) is 0 Å². The van der Waals surface area contributed by atoms with E-state index in [0.717, 1.165) is 6.42 Å². The summed E-state index contributed by atoms with van der Waals surface area (Å²) in [7, 11) is -1.94. The second kappa shape index (κ2) is 8.37. The summed E-state index contributed by atoms with van der Waals surface area (Å²) in [5.41, 5.74) is 0.622. The Kier molecular flexibility index (Phi) is 5.93. The molecular weight excluding hydrogens is 364 g/mol. The number of allylic oxidation sites excluding steroid dienone is 3. The SMILES string of the molecule is CNCC(=O)CN1C=COC(C2=C(S(=O)(=O)c3ccccc3)C=CCC2)=C1. The van der Waals surface area contributed by atoms with Crippen LogP contribution in [0.4, 0.5) is 0 Å². The highest BCUT2D eigenvalue weighted by Gasteiger charge is 2.27. The number of rotatable bonds is 7. The minimum atomic E-state index is -3.66. The molecule has 7 heteroatoms. The van der Waals surface area contributed by atoms with Crippen molar-refractivity contribution in [2.45, 2.75) is 17.7 Å². The van der Waals surface area contributed by atoms with Gasteiger partial charge in [-0.15, -0.1) is 0 Å². The lowest BCUT2D eigenvalue weighted by Crippen LogP contribution is -2.29. The number of nitrogens with one attached hydrogen (secondary N) is 1. The van der Waals surface area contributed by atoms with Gasteiger partial charge in [0.05, 0.1) is 22.9 Å². The molecule has 0 atom stereocenters. The zero-order chi connectivity index (χ0) is 19.3. The second-order valence-corrected chi connectivity index (χ2v) is 8.16. The highest BCUT2D eigenvalue weighted by atomic mass is 32.2. The number of hydrogen-bond acceptors (Lipinski definition) is 6. The fourth-order valence-corrected chi connectivity index (χ4v) is 4.55. The summed E-state index contributed by atoms with van der Waals surface area (Å²) >= 11 is 0. The van der Waals surface area contributed by atoms with Gasteiger partial charge in [0, 0.05) is 18.0 Å². The molecule has 2 aliphatic rings. The molecule has 1 heterocycles. The van der Waals surface area contributed by atoms with Crippen molar-refractivity contribution in [1.82, 2.24) is 10.2 Å². The Morgan fingerprint density at radius 3 is 2.78 bits per heavy atom. The largest absolute Gasteiger partial charge is 0.462 e. The topological polar surface area (TPSA) is 75.7 Å². The number of sulfone groups is 1. The molecule has 1 aromatic carbocycles. The van der Waals surface area contributed by atoms with Crippen LogP contribution >= 0.6 is 0 Å². The average Bonchev–Trinajstić information content (AvgIpc) is 2.69. The number of benzene rings is 1. The third kappa shape index (κ3) is 4.37. The normalized spacial score (nSPS) is 16.9. The van der Waals surface area contributed by atoms with Crippen LogP contribution in [0.3, 0.4) is 0 Å². The molecule has 0 amide bonds. The van der Waals surface area contributed by atoms with Gasteiger partial charge in [-0.3, -0.25) is 4.79 Å². The van der Waals surface area contributed by atoms with Crippen LogP contribution in [0.1, 0.15) is 12.8 Å². The van der Waals surface area contributed by atoms with Gasteiger partial charge >= 0.3 is 0 Å². The first kappa shape index (κ1) is 19.1. The minimum absolute atomic E-state index is 0.0225. The zero-order valence-corrected chi connectivity index (χ0v) is 15.9. The maximum Gasteiger partial charge on any atom is 0.206 e. The number of hydrogen-bond donors (Lipinski definition) is 1. The van der Waals surface area contributed by atoms with Gasteiger partial charge in [0.25, 0.3) is 0 Å². The highest BCUT2D eigenvalue weighted by molar-refractivity contribution is 7.95. The van der Waals surface area contributed by atoms with E-state index in [2.05, 4.69) is 5.32 Å². The molecule has 0 saturated carbocycles. The number of ketones is 1. The van der Waals surface area contributed by atoms with E-state index in [4.69, 9.17) is 4.74 Å². The quantitative estimate of drug-likeness (QED) is 0.776. The van der Waals surface area contributed by atoms with Gasteiger partial charge in [0.2, 0.25) is 9.84 Å². The van der Waals surface area contributed by atoms with E-state index in [1.165, 1.54) is 6.26 Å². The van der Waals surface area contributed by atoms with E-state index in [1.54, 1.807) is 60.8 Å². The molecule has 0 saturated heterocycles. The Bertz CT molecular complexity index is 928. The van der Waals surface area contributed by atoms with E-state index in [0.29, 0.717) is 17.8 Å². The molecule has 142 valence electrons. The molecule has 0 unspecified atom stereocenters. The average molecular weight is 386 g/mol. The fraction of sp³-hybridized carbons (Fsp3) is 0.250. The van der Waals surface area contributed by atoms with Crippen molar-refractivity contribution in [1.29, 1.82) is 0 Å². The van der Waals surface area contributed by atoms with Gasteiger partial charge in [0.1, 0.15) is 12.0 Å². The maximum atomic E-state index is 13.1. The molecule has 27 heavy (non-hydrogen) atoms. The summed E-state index contributed by atoms with van der Waals surface area (Å²) in [6, 6.07) is 8.35. The summed E-state index contributed by atoms with van der Waals surface area (Å²) in [6.07, 6.45) is 9.58. The van der Waals surface area contributed by atoms with Gasteiger partial charge in [0.15, 0.2) is 5.78 Å². The van der Waals surface area contributed by atoms with E-state index >= 15 is 0 Å². The van der Waals surface area contributed by atoms with E-state index in [9.17, 15) is 13.2 Å². The van der Waals surface area contributed by atoms with Crippen molar-refractivity contribution in [2.75, 3.05) is 20.1 Å². The Morgan fingerprint density at radius 1 is 1.26 bits per heavy atom. The molecule has 0 fully saturated rings. The van der Waals surface area contributed by atoms with Crippen molar-refractivity contribution >= 4 is 15.6 Å². The molecule has 1 aromatic rings. The second-order valence-electron chi connectivity index (χ2n) is 6.24. The first-order chi connectivity index (χ1) is 13.0. The summed E-state index contributed by atoms with van der Waals surface area (Å²) in [5, 5.41) is 2.83. The summed E-state index contributed by atoms with van der Waals surface area (Å²) in [4.78, 5) is 14.1. The zero-order valence-electron chi connectivity index (χ0n) is 15.1. The van der Waals surface area contributed by atoms with Crippen LogP contribution in [0.15, 0.2) is 82.3 Å². The number of carbonyl (C=O) groups excluding carboxylic acids is 1. The van der Waals surface area contributed by atoms with Crippen molar-refractivity contribution in [3.63, 3.8) is 0 Å². The fourth-order valence-electron chi connectivity index (χ4n) is 2.97. The summed E-state index contributed by atoms with van der Waals surface area (Å²) in [6.45, 7) is 0.460. The van der Waals surface area contributed by atoms with Crippen molar-refractivity contribution < 1.29 is 17.9 Å². The Balaban J connectivity index is 1.96. The molecule has 1 N–H and O–H groups in total. The third-order valence-electron chi connectivity index (χ3n) is 4.23. The van der Waals surface area contributed by atoms with Gasteiger partial charge in [-0.1, -0.05) is 24.3 Å². The number of ether oxygens (including phenoxy) is 1. The molecular formula is C20H22N2O4S. The number of Topliss-reactive ketones (excluding diaryl/α,β-unsaturated/α-hetero) is 1. The van der Waals surface area contributed by atoms with E-state index in [-0.39, 0.29) is 28.7 Å². The van der Waals surface area contributed by atoms with Gasteiger partial charge in [-0.2, -0.15) is 0 Å². The van der Waals surface area contributed by atoms with Gasteiger partial charge < -0.3 is 15.0 Å². The van der Waals surface area contributed by atoms with Gasteiger partial charge in [-0.25, -0.2) is 8.42 Å². The Hall–Kier alpha value is -2.64.